The van der Waals surface area contributed by atoms with Crippen LogP contribution in [0.4, 0.5) is 4.39 Å². The molecule has 3 aromatic rings. The van der Waals surface area contributed by atoms with Crippen molar-refractivity contribution in [1.82, 2.24) is 4.98 Å². The second-order valence-electron chi connectivity index (χ2n) is 4.23. The molecule has 0 saturated heterocycles. The van der Waals surface area contributed by atoms with Gasteiger partial charge >= 0.3 is 0 Å². The first kappa shape index (κ1) is 12.9. The van der Waals surface area contributed by atoms with E-state index in [0.29, 0.717) is 16.5 Å². The summed E-state index contributed by atoms with van der Waals surface area (Å²) >= 11 is 1.41. The Balaban J connectivity index is 1.71. The van der Waals surface area contributed by atoms with Gasteiger partial charge in [0.1, 0.15) is 12.1 Å². The zero-order valence-corrected chi connectivity index (χ0v) is 11.4. The SMILES string of the molecule is Fc1ccccc1SCc1coc(-c2ccccc2)n1. The third kappa shape index (κ3) is 2.91. The molecule has 0 fully saturated rings. The third-order valence-electron chi connectivity index (χ3n) is 2.78. The van der Waals surface area contributed by atoms with E-state index in [-0.39, 0.29) is 5.82 Å². The Bertz CT molecular complexity index is 696. The predicted octanol–water partition coefficient (Wildman–Crippen LogP) is 4.77. The van der Waals surface area contributed by atoms with E-state index in [1.165, 1.54) is 17.8 Å². The molecule has 0 saturated carbocycles. The minimum absolute atomic E-state index is 0.204. The van der Waals surface area contributed by atoms with Crippen LogP contribution in [0.2, 0.25) is 0 Å². The van der Waals surface area contributed by atoms with Crippen LogP contribution in [-0.2, 0) is 5.75 Å². The maximum atomic E-state index is 13.5. The zero-order valence-electron chi connectivity index (χ0n) is 10.6. The molecule has 0 aliphatic rings. The van der Waals surface area contributed by atoms with Crippen molar-refractivity contribution in [3.05, 3.63) is 72.4 Å². The van der Waals surface area contributed by atoms with Gasteiger partial charge in [-0.1, -0.05) is 30.3 Å². The molecular weight excluding hydrogens is 273 g/mol. The fraction of sp³-hybridized carbons (Fsp3) is 0.0625. The van der Waals surface area contributed by atoms with Crippen molar-refractivity contribution in [3.8, 4) is 11.5 Å². The molecule has 1 heterocycles. The Morgan fingerprint density at radius 1 is 1.00 bits per heavy atom. The number of halogens is 1. The van der Waals surface area contributed by atoms with Gasteiger partial charge < -0.3 is 4.42 Å². The summed E-state index contributed by atoms with van der Waals surface area (Å²) in [6.07, 6.45) is 1.62. The minimum Gasteiger partial charge on any atom is -0.444 e. The van der Waals surface area contributed by atoms with E-state index in [9.17, 15) is 4.39 Å². The van der Waals surface area contributed by atoms with E-state index >= 15 is 0 Å². The van der Waals surface area contributed by atoms with Gasteiger partial charge in [0.05, 0.1) is 5.69 Å². The standard InChI is InChI=1S/C16H12FNOS/c17-14-8-4-5-9-15(14)20-11-13-10-19-16(18-13)12-6-2-1-3-7-12/h1-10H,11H2. The number of nitrogens with zero attached hydrogens (tertiary/aromatic N) is 1. The molecule has 1 aromatic heterocycles. The fourth-order valence-corrected chi connectivity index (χ4v) is 2.62. The summed E-state index contributed by atoms with van der Waals surface area (Å²) in [6.45, 7) is 0. The normalized spacial score (nSPS) is 10.7. The van der Waals surface area contributed by atoms with Crippen LogP contribution in [0.15, 0.2) is 70.2 Å². The lowest BCUT2D eigenvalue weighted by Crippen LogP contribution is -1.84. The molecule has 0 amide bonds. The smallest absolute Gasteiger partial charge is 0.226 e. The first-order valence-corrected chi connectivity index (χ1v) is 7.18. The molecule has 100 valence electrons. The highest BCUT2D eigenvalue weighted by molar-refractivity contribution is 7.98. The first-order valence-electron chi connectivity index (χ1n) is 6.20. The van der Waals surface area contributed by atoms with Crippen LogP contribution in [0.3, 0.4) is 0 Å². The summed E-state index contributed by atoms with van der Waals surface area (Å²) in [7, 11) is 0. The quantitative estimate of drug-likeness (QED) is 0.646. The molecule has 0 N–H and O–H groups in total. The minimum atomic E-state index is -0.204. The second-order valence-corrected chi connectivity index (χ2v) is 5.25. The number of oxazole rings is 1. The second kappa shape index (κ2) is 5.92. The highest BCUT2D eigenvalue weighted by Crippen LogP contribution is 2.26. The number of thioether (sulfide) groups is 1. The van der Waals surface area contributed by atoms with Crippen LogP contribution in [0.5, 0.6) is 0 Å². The molecule has 0 bridgehead atoms. The summed E-state index contributed by atoms with van der Waals surface area (Å²) < 4.78 is 18.9. The third-order valence-corrected chi connectivity index (χ3v) is 3.87. The number of rotatable bonds is 4. The predicted molar refractivity (Wildman–Crippen MR) is 77.9 cm³/mol. The average Bonchev–Trinajstić information content (AvgIpc) is 2.96. The fourth-order valence-electron chi connectivity index (χ4n) is 1.80. The molecule has 0 aliphatic carbocycles. The molecule has 0 aliphatic heterocycles. The summed E-state index contributed by atoms with van der Waals surface area (Å²) in [5.74, 6) is 0.969. The van der Waals surface area contributed by atoms with Crippen LogP contribution in [-0.4, -0.2) is 4.98 Å². The lowest BCUT2D eigenvalue weighted by atomic mass is 10.2. The van der Waals surface area contributed by atoms with Gasteiger partial charge in [-0.2, -0.15) is 0 Å². The van der Waals surface area contributed by atoms with Crippen LogP contribution in [0.1, 0.15) is 5.69 Å². The van der Waals surface area contributed by atoms with Gasteiger partial charge in [0.15, 0.2) is 0 Å². The number of hydrogen-bond acceptors (Lipinski definition) is 3. The molecule has 4 heteroatoms. The Kier molecular flexibility index (Phi) is 3.83. The Hall–Kier alpha value is -2.07. The van der Waals surface area contributed by atoms with Crippen molar-refractivity contribution in [1.29, 1.82) is 0 Å². The van der Waals surface area contributed by atoms with Crippen molar-refractivity contribution >= 4 is 11.8 Å². The molecule has 0 spiro atoms. The maximum absolute atomic E-state index is 13.5. The lowest BCUT2D eigenvalue weighted by Gasteiger charge is -1.99. The molecule has 0 radical (unpaired) electrons. The Morgan fingerprint density at radius 2 is 1.75 bits per heavy atom. The number of aromatic nitrogens is 1. The van der Waals surface area contributed by atoms with Gasteiger partial charge in [0.25, 0.3) is 0 Å². The van der Waals surface area contributed by atoms with Crippen LogP contribution >= 0.6 is 11.8 Å². The van der Waals surface area contributed by atoms with Gasteiger partial charge in [0.2, 0.25) is 5.89 Å². The molecule has 2 aromatic carbocycles. The Morgan fingerprint density at radius 3 is 2.55 bits per heavy atom. The maximum Gasteiger partial charge on any atom is 0.226 e. The molecular formula is C16H12FNOS. The largest absolute Gasteiger partial charge is 0.444 e. The van der Waals surface area contributed by atoms with Gasteiger partial charge in [-0.15, -0.1) is 11.8 Å². The zero-order chi connectivity index (χ0) is 13.8. The van der Waals surface area contributed by atoms with E-state index in [2.05, 4.69) is 4.98 Å². The molecule has 20 heavy (non-hydrogen) atoms. The molecule has 0 atom stereocenters. The van der Waals surface area contributed by atoms with Crippen molar-refractivity contribution in [2.75, 3.05) is 0 Å². The van der Waals surface area contributed by atoms with E-state index in [4.69, 9.17) is 4.42 Å². The summed E-state index contributed by atoms with van der Waals surface area (Å²) in [6, 6.07) is 16.4. The van der Waals surface area contributed by atoms with Gasteiger partial charge in [-0.05, 0) is 24.3 Å². The summed E-state index contributed by atoms with van der Waals surface area (Å²) in [5, 5.41) is 0. The van der Waals surface area contributed by atoms with E-state index in [0.717, 1.165) is 11.3 Å². The van der Waals surface area contributed by atoms with Crippen molar-refractivity contribution < 1.29 is 8.81 Å². The average molecular weight is 285 g/mol. The van der Waals surface area contributed by atoms with Crippen molar-refractivity contribution in [2.45, 2.75) is 10.6 Å². The van der Waals surface area contributed by atoms with Crippen molar-refractivity contribution in [2.24, 2.45) is 0 Å². The van der Waals surface area contributed by atoms with Gasteiger partial charge in [0, 0.05) is 16.2 Å². The molecule has 2 nitrogen and oxygen atoms in total. The first-order chi connectivity index (χ1) is 9.83. The summed E-state index contributed by atoms with van der Waals surface area (Å²) in [5.41, 5.74) is 1.74. The topological polar surface area (TPSA) is 26.0 Å². The lowest BCUT2D eigenvalue weighted by molar-refractivity contribution is 0.573. The van der Waals surface area contributed by atoms with Gasteiger partial charge in [-0.3, -0.25) is 0 Å². The molecule has 3 rings (SSSR count). The number of benzene rings is 2. The Labute approximate surface area is 120 Å². The number of hydrogen-bond donors (Lipinski definition) is 0. The van der Waals surface area contributed by atoms with E-state index in [1.807, 2.05) is 36.4 Å². The van der Waals surface area contributed by atoms with Crippen molar-refractivity contribution in [3.63, 3.8) is 0 Å². The van der Waals surface area contributed by atoms with Crippen LogP contribution < -0.4 is 0 Å². The van der Waals surface area contributed by atoms with Crippen LogP contribution in [0, 0.1) is 5.82 Å². The van der Waals surface area contributed by atoms with Gasteiger partial charge in [-0.25, -0.2) is 9.37 Å². The van der Waals surface area contributed by atoms with E-state index in [1.54, 1.807) is 18.4 Å². The molecule has 0 unspecified atom stereocenters. The summed E-state index contributed by atoms with van der Waals surface area (Å²) in [4.78, 5) is 5.04. The monoisotopic (exact) mass is 285 g/mol. The van der Waals surface area contributed by atoms with E-state index < -0.39 is 0 Å². The van der Waals surface area contributed by atoms with Crippen LogP contribution in [0.25, 0.3) is 11.5 Å². The highest BCUT2D eigenvalue weighted by atomic mass is 32.2. The highest BCUT2D eigenvalue weighted by Gasteiger charge is 2.08.